The molecule has 1 saturated carbocycles. The van der Waals surface area contributed by atoms with Crippen LogP contribution in [0.1, 0.15) is 25.3 Å². The van der Waals surface area contributed by atoms with Crippen molar-refractivity contribution in [2.45, 2.75) is 38.8 Å². The molecule has 0 radical (unpaired) electrons. The maximum Gasteiger partial charge on any atom is 0.317 e. The molecule has 1 aliphatic rings. The third-order valence-corrected chi connectivity index (χ3v) is 4.17. The highest BCUT2D eigenvalue weighted by atomic mass is 16.6. The van der Waals surface area contributed by atoms with Crippen molar-refractivity contribution >= 4 is 17.3 Å². The molecule has 0 spiro atoms. The Morgan fingerprint density at radius 2 is 2.18 bits per heavy atom. The van der Waals surface area contributed by atoms with Gasteiger partial charge in [0.15, 0.2) is 0 Å². The van der Waals surface area contributed by atoms with Gasteiger partial charge in [0.2, 0.25) is 0 Å². The van der Waals surface area contributed by atoms with E-state index in [-0.39, 0.29) is 29.2 Å². The van der Waals surface area contributed by atoms with Crippen molar-refractivity contribution in [1.82, 2.24) is 4.90 Å². The van der Waals surface area contributed by atoms with Crippen molar-refractivity contribution < 1.29 is 14.8 Å². The first-order valence-electron chi connectivity index (χ1n) is 7.38. The largest absolute Gasteiger partial charge is 0.480 e. The molecule has 2 N–H and O–H groups in total. The molecule has 0 amide bonds. The molecule has 0 heterocycles. The number of aryl methyl sites for hydroxylation is 1. The molecule has 0 aromatic heterocycles. The highest BCUT2D eigenvalue weighted by Crippen LogP contribution is 2.34. The number of nitro groups is 1. The normalized spacial score (nSPS) is 20.5. The Bertz CT molecular complexity index is 570. The fourth-order valence-corrected chi connectivity index (χ4v) is 2.87. The summed E-state index contributed by atoms with van der Waals surface area (Å²) in [5, 5.41) is 23.2. The Morgan fingerprint density at radius 3 is 2.73 bits per heavy atom. The summed E-state index contributed by atoms with van der Waals surface area (Å²) in [6.45, 7) is 4.51. The van der Waals surface area contributed by atoms with E-state index in [1.165, 1.54) is 6.07 Å². The number of hydrogen-bond donors (Lipinski definition) is 2. The summed E-state index contributed by atoms with van der Waals surface area (Å²) < 4.78 is 0. The predicted molar refractivity (Wildman–Crippen MR) is 83.1 cm³/mol. The molecule has 7 heteroatoms. The summed E-state index contributed by atoms with van der Waals surface area (Å²) >= 11 is 0. The topological polar surface area (TPSA) is 95.7 Å². The lowest BCUT2D eigenvalue weighted by molar-refractivity contribution is -0.384. The standard InChI is InChI=1S/C15H21N3O4/c1-3-17(9-14(19)20)12-7-11(8-12)16-15-10(2)5-4-6-13(15)18(21)22/h4-6,11-12,16H,3,7-9H2,1-2H3,(H,19,20). The second-order valence-corrected chi connectivity index (χ2v) is 5.65. The average Bonchev–Trinajstić information content (AvgIpc) is 2.41. The van der Waals surface area contributed by atoms with E-state index in [0.717, 1.165) is 18.4 Å². The summed E-state index contributed by atoms with van der Waals surface area (Å²) in [5.41, 5.74) is 1.49. The van der Waals surface area contributed by atoms with Crippen LogP contribution in [0.4, 0.5) is 11.4 Å². The molecule has 2 rings (SSSR count). The second-order valence-electron chi connectivity index (χ2n) is 5.65. The van der Waals surface area contributed by atoms with Crippen LogP contribution in [0.3, 0.4) is 0 Å². The number of anilines is 1. The fraction of sp³-hybridized carbons (Fsp3) is 0.533. The maximum atomic E-state index is 11.1. The summed E-state index contributed by atoms with van der Waals surface area (Å²) in [4.78, 5) is 23.5. The van der Waals surface area contributed by atoms with Gasteiger partial charge in [-0.1, -0.05) is 19.1 Å². The molecule has 1 aromatic carbocycles. The van der Waals surface area contributed by atoms with Crippen LogP contribution in [-0.4, -0.2) is 46.1 Å². The Hall–Kier alpha value is -2.15. The van der Waals surface area contributed by atoms with E-state index < -0.39 is 5.97 Å². The van der Waals surface area contributed by atoms with Crippen LogP contribution in [0.2, 0.25) is 0 Å². The van der Waals surface area contributed by atoms with Gasteiger partial charge in [-0.2, -0.15) is 0 Å². The summed E-state index contributed by atoms with van der Waals surface area (Å²) in [7, 11) is 0. The molecule has 1 aromatic rings. The zero-order valence-electron chi connectivity index (χ0n) is 12.8. The lowest BCUT2D eigenvalue weighted by Crippen LogP contribution is -2.51. The third kappa shape index (κ3) is 3.54. The molecule has 0 unspecified atom stereocenters. The minimum atomic E-state index is -0.826. The van der Waals surface area contributed by atoms with Crippen molar-refractivity contribution in [1.29, 1.82) is 0 Å². The van der Waals surface area contributed by atoms with E-state index in [1.54, 1.807) is 6.07 Å². The molecule has 0 bridgehead atoms. The monoisotopic (exact) mass is 307 g/mol. The summed E-state index contributed by atoms with van der Waals surface area (Å²) in [6.07, 6.45) is 1.60. The quantitative estimate of drug-likeness (QED) is 0.592. The van der Waals surface area contributed by atoms with Crippen LogP contribution in [0, 0.1) is 17.0 Å². The minimum Gasteiger partial charge on any atom is -0.480 e. The number of carboxylic acid groups (broad SMARTS) is 1. The number of nitro benzene ring substituents is 1. The van der Waals surface area contributed by atoms with Crippen molar-refractivity contribution in [2.75, 3.05) is 18.4 Å². The van der Waals surface area contributed by atoms with E-state index in [4.69, 9.17) is 5.11 Å². The van der Waals surface area contributed by atoms with E-state index in [2.05, 4.69) is 5.32 Å². The van der Waals surface area contributed by atoms with Crippen molar-refractivity contribution in [3.05, 3.63) is 33.9 Å². The van der Waals surface area contributed by atoms with Crippen molar-refractivity contribution in [3.8, 4) is 0 Å². The highest BCUT2D eigenvalue weighted by Gasteiger charge is 2.34. The van der Waals surface area contributed by atoms with Crippen LogP contribution in [0.15, 0.2) is 18.2 Å². The molecular formula is C15H21N3O4. The number of carboxylic acids is 1. The Kier molecular flexibility index (Phi) is 4.97. The second kappa shape index (κ2) is 6.74. The number of carbonyl (C=O) groups is 1. The number of nitrogens with zero attached hydrogens (tertiary/aromatic N) is 2. The van der Waals surface area contributed by atoms with Gasteiger partial charge in [0.25, 0.3) is 5.69 Å². The number of benzene rings is 1. The van der Waals surface area contributed by atoms with E-state index >= 15 is 0 Å². The van der Waals surface area contributed by atoms with Crippen LogP contribution in [-0.2, 0) is 4.79 Å². The zero-order valence-corrected chi connectivity index (χ0v) is 12.8. The van der Waals surface area contributed by atoms with Crippen LogP contribution >= 0.6 is 0 Å². The minimum absolute atomic E-state index is 0.0401. The first kappa shape index (κ1) is 16.2. The highest BCUT2D eigenvalue weighted by molar-refractivity contribution is 5.69. The van der Waals surface area contributed by atoms with Gasteiger partial charge in [0, 0.05) is 18.2 Å². The van der Waals surface area contributed by atoms with Gasteiger partial charge in [-0.3, -0.25) is 19.8 Å². The lowest BCUT2D eigenvalue weighted by atomic mass is 9.85. The Balaban J connectivity index is 1.98. The summed E-state index contributed by atoms with van der Waals surface area (Å²) in [6, 6.07) is 5.38. The number of nitrogens with one attached hydrogen (secondary N) is 1. The number of likely N-dealkylation sites (N-methyl/N-ethyl adjacent to an activating group) is 1. The van der Waals surface area contributed by atoms with Crippen LogP contribution in [0.5, 0.6) is 0 Å². The zero-order chi connectivity index (χ0) is 16.3. The fourth-order valence-electron chi connectivity index (χ4n) is 2.87. The predicted octanol–water partition coefficient (Wildman–Crippen LogP) is 2.25. The maximum absolute atomic E-state index is 11.1. The van der Waals surface area contributed by atoms with Gasteiger partial charge in [0.1, 0.15) is 5.69 Å². The SMILES string of the molecule is CCN(CC(=O)O)C1CC(Nc2c(C)cccc2[N+](=O)[O-])C1. The smallest absolute Gasteiger partial charge is 0.317 e. The molecule has 22 heavy (non-hydrogen) atoms. The number of hydrogen-bond acceptors (Lipinski definition) is 5. The van der Waals surface area contributed by atoms with Gasteiger partial charge >= 0.3 is 5.97 Å². The average molecular weight is 307 g/mol. The Labute approximate surface area is 129 Å². The van der Waals surface area contributed by atoms with Crippen molar-refractivity contribution in [3.63, 3.8) is 0 Å². The van der Waals surface area contributed by atoms with E-state index in [0.29, 0.717) is 12.2 Å². The molecule has 7 nitrogen and oxygen atoms in total. The summed E-state index contributed by atoms with van der Waals surface area (Å²) in [5.74, 6) is -0.826. The number of para-hydroxylation sites is 1. The molecular weight excluding hydrogens is 286 g/mol. The van der Waals surface area contributed by atoms with Gasteiger partial charge in [-0.25, -0.2) is 0 Å². The van der Waals surface area contributed by atoms with Crippen molar-refractivity contribution in [2.24, 2.45) is 0 Å². The molecule has 120 valence electrons. The first-order valence-corrected chi connectivity index (χ1v) is 7.38. The first-order chi connectivity index (χ1) is 10.4. The molecule has 1 aliphatic carbocycles. The molecule has 0 aliphatic heterocycles. The lowest BCUT2D eigenvalue weighted by Gasteiger charge is -2.42. The van der Waals surface area contributed by atoms with Gasteiger partial charge in [-0.05, 0) is 31.9 Å². The van der Waals surface area contributed by atoms with Gasteiger partial charge in [-0.15, -0.1) is 0 Å². The van der Waals surface area contributed by atoms with Gasteiger partial charge < -0.3 is 10.4 Å². The van der Waals surface area contributed by atoms with Crippen LogP contribution < -0.4 is 5.32 Å². The number of aliphatic carboxylic acids is 1. The molecule has 1 fully saturated rings. The number of rotatable bonds is 7. The Morgan fingerprint density at radius 1 is 1.50 bits per heavy atom. The molecule has 0 saturated heterocycles. The van der Waals surface area contributed by atoms with Crippen LogP contribution in [0.25, 0.3) is 0 Å². The molecule has 0 atom stereocenters. The van der Waals surface area contributed by atoms with E-state index in [9.17, 15) is 14.9 Å². The van der Waals surface area contributed by atoms with E-state index in [1.807, 2.05) is 24.8 Å². The third-order valence-electron chi connectivity index (χ3n) is 4.17. The van der Waals surface area contributed by atoms with Gasteiger partial charge in [0.05, 0.1) is 11.5 Å².